The standard InChI is InChI=1S/C27H37N3O5S/c1-27(2,3)28-26(32)29(16-19-8-7-14-34-19)17-25(31)30-13-11-24-20(12-15-36-24)21(30)18-35-23-10-6-5-9-22(23)33-4/h5-6,9-10,12,15,19,21H,7-8,11,13-14,16-18H2,1-4H3,(H,28,32)/t19-,21-/m1/s1. The summed E-state index contributed by atoms with van der Waals surface area (Å²) in [6.45, 7) is 7.78. The molecule has 36 heavy (non-hydrogen) atoms. The van der Waals surface area contributed by atoms with Crippen LogP contribution in [0.2, 0.25) is 0 Å². The summed E-state index contributed by atoms with van der Waals surface area (Å²) >= 11 is 1.71. The molecule has 0 saturated carbocycles. The largest absolute Gasteiger partial charge is 0.493 e. The van der Waals surface area contributed by atoms with Gasteiger partial charge in [0.15, 0.2) is 11.5 Å². The quantitative estimate of drug-likeness (QED) is 0.569. The minimum Gasteiger partial charge on any atom is -0.493 e. The van der Waals surface area contributed by atoms with Crippen LogP contribution >= 0.6 is 11.3 Å². The number of thiophene rings is 1. The fraction of sp³-hybridized carbons (Fsp3) is 0.556. The Morgan fingerprint density at radius 3 is 2.69 bits per heavy atom. The van der Waals surface area contributed by atoms with E-state index in [-0.39, 0.29) is 30.6 Å². The second-order valence-corrected chi connectivity index (χ2v) is 11.3. The molecule has 1 fully saturated rings. The zero-order valence-electron chi connectivity index (χ0n) is 21.6. The number of carbonyl (C=O) groups excluding carboxylic acids is 2. The van der Waals surface area contributed by atoms with Crippen molar-refractivity contribution in [2.45, 2.75) is 57.7 Å². The average molecular weight is 516 g/mol. The molecule has 1 aromatic carbocycles. The van der Waals surface area contributed by atoms with Gasteiger partial charge < -0.3 is 29.3 Å². The fourth-order valence-corrected chi connectivity index (χ4v) is 5.62. The summed E-state index contributed by atoms with van der Waals surface area (Å²) in [7, 11) is 1.61. The number of para-hydroxylation sites is 2. The number of benzene rings is 1. The SMILES string of the molecule is COc1ccccc1OC[C@@H]1c2ccsc2CCN1C(=O)CN(C[C@H]1CCCO1)C(=O)NC(C)(C)C. The van der Waals surface area contributed by atoms with Crippen LogP contribution in [0.3, 0.4) is 0 Å². The highest BCUT2D eigenvalue weighted by Gasteiger charge is 2.35. The molecule has 4 rings (SSSR count). The highest BCUT2D eigenvalue weighted by Crippen LogP contribution is 2.35. The molecule has 2 aromatic rings. The number of amides is 3. The highest BCUT2D eigenvalue weighted by atomic mass is 32.1. The number of nitrogens with zero attached hydrogens (tertiary/aromatic N) is 2. The molecule has 0 spiro atoms. The average Bonchev–Trinajstić information content (AvgIpc) is 3.53. The third kappa shape index (κ3) is 6.50. The van der Waals surface area contributed by atoms with E-state index in [1.54, 1.807) is 23.3 Å². The summed E-state index contributed by atoms with van der Waals surface area (Å²) in [5.74, 6) is 1.19. The number of nitrogens with one attached hydrogen (secondary N) is 1. The van der Waals surface area contributed by atoms with Gasteiger partial charge in [0, 0.05) is 30.1 Å². The normalized spacial score (nSPS) is 19.5. The van der Waals surface area contributed by atoms with E-state index < -0.39 is 5.54 Å². The van der Waals surface area contributed by atoms with Gasteiger partial charge in [0.1, 0.15) is 13.2 Å². The molecule has 3 heterocycles. The van der Waals surface area contributed by atoms with E-state index in [0.29, 0.717) is 37.8 Å². The maximum absolute atomic E-state index is 13.7. The maximum atomic E-state index is 13.7. The van der Waals surface area contributed by atoms with Crippen molar-refractivity contribution >= 4 is 23.3 Å². The van der Waals surface area contributed by atoms with E-state index in [9.17, 15) is 9.59 Å². The first-order chi connectivity index (χ1) is 17.2. The molecule has 1 saturated heterocycles. The number of rotatable bonds is 8. The molecule has 2 atom stereocenters. The third-order valence-corrected chi connectivity index (χ3v) is 7.42. The molecule has 9 heteroatoms. The van der Waals surface area contributed by atoms with Gasteiger partial charge in [0.25, 0.3) is 0 Å². The maximum Gasteiger partial charge on any atom is 0.318 e. The number of hydrogen-bond donors (Lipinski definition) is 1. The van der Waals surface area contributed by atoms with Crippen LogP contribution in [0, 0.1) is 0 Å². The van der Waals surface area contributed by atoms with Crippen molar-refractivity contribution in [2.75, 3.05) is 40.0 Å². The summed E-state index contributed by atoms with van der Waals surface area (Å²) in [5.41, 5.74) is 0.704. The number of carbonyl (C=O) groups is 2. The molecular formula is C27H37N3O5S. The van der Waals surface area contributed by atoms with E-state index in [0.717, 1.165) is 24.8 Å². The molecule has 1 aromatic heterocycles. The van der Waals surface area contributed by atoms with Crippen molar-refractivity contribution in [3.05, 3.63) is 46.2 Å². The third-order valence-electron chi connectivity index (χ3n) is 6.42. The van der Waals surface area contributed by atoms with Crippen LogP contribution in [0.5, 0.6) is 11.5 Å². The molecule has 0 radical (unpaired) electrons. The Kier molecular flexibility index (Phi) is 8.41. The van der Waals surface area contributed by atoms with Gasteiger partial charge in [-0.05, 0) is 69.2 Å². The Bertz CT molecular complexity index is 1040. The summed E-state index contributed by atoms with van der Waals surface area (Å²) in [4.78, 5) is 31.6. The molecule has 3 amide bonds. The minimum atomic E-state index is -0.406. The molecule has 2 aliphatic heterocycles. The van der Waals surface area contributed by atoms with Gasteiger partial charge >= 0.3 is 6.03 Å². The lowest BCUT2D eigenvalue weighted by molar-refractivity contribution is -0.135. The zero-order valence-corrected chi connectivity index (χ0v) is 22.4. The summed E-state index contributed by atoms with van der Waals surface area (Å²) in [5, 5.41) is 5.07. The topological polar surface area (TPSA) is 80.3 Å². The van der Waals surface area contributed by atoms with Gasteiger partial charge in [0.05, 0.1) is 19.3 Å². The van der Waals surface area contributed by atoms with Crippen molar-refractivity contribution in [3.63, 3.8) is 0 Å². The van der Waals surface area contributed by atoms with Gasteiger partial charge in [-0.2, -0.15) is 0 Å². The predicted octanol–water partition coefficient (Wildman–Crippen LogP) is 4.25. The molecule has 0 aliphatic carbocycles. The second-order valence-electron chi connectivity index (χ2n) is 10.3. The summed E-state index contributed by atoms with van der Waals surface area (Å²) < 4.78 is 17.4. The van der Waals surface area contributed by atoms with E-state index in [1.807, 2.05) is 49.9 Å². The van der Waals surface area contributed by atoms with Crippen molar-refractivity contribution in [3.8, 4) is 11.5 Å². The number of methoxy groups -OCH3 is 1. The molecule has 8 nitrogen and oxygen atoms in total. The molecule has 196 valence electrons. The molecular weight excluding hydrogens is 478 g/mol. The van der Waals surface area contributed by atoms with Crippen LogP contribution in [-0.4, -0.2) is 73.3 Å². The molecule has 1 N–H and O–H groups in total. The van der Waals surface area contributed by atoms with Crippen molar-refractivity contribution < 1.29 is 23.8 Å². The summed E-state index contributed by atoms with van der Waals surface area (Å²) in [6, 6.07) is 9.09. The van der Waals surface area contributed by atoms with E-state index in [2.05, 4.69) is 16.8 Å². The van der Waals surface area contributed by atoms with Gasteiger partial charge in [-0.1, -0.05) is 12.1 Å². The van der Waals surface area contributed by atoms with E-state index in [1.165, 1.54) is 4.88 Å². The zero-order chi connectivity index (χ0) is 25.7. The first-order valence-electron chi connectivity index (χ1n) is 12.6. The van der Waals surface area contributed by atoms with Crippen molar-refractivity contribution in [1.82, 2.24) is 15.1 Å². The second kappa shape index (κ2) is 11.5. The van der Waals surface area contributed by atoms with Gasteiger partial charge in [-0.15, -0.1) is 11.3 Å². The van der Waals surface area contributed by atoms with Gasteiger partial charge in [-0.25, -0.2) is 4.79 Å². The van der Waals surface area contributed by atoms with Crippen LogP contribution in [0.4, 0.5) is 4.79 Å². The fourth-order valence-electron chi connectivity index (χ4n) is 4.69. The lowest BCUT2D eigenvalue weighted by Gasteiger charge is -2.37. The Morgan fingerprint density at radius 1 is 1.22 bits per heavy atom. The van der Waals surface area contributed by atoms with Crippen molar-refractivity contribution in [2.24, 2.45) is 0 Å². The molecule has 0 bridgehead atoms. The van der Waals surface area contributed by atoms with Gasteiger partial charge in [-0.3, -0.25) is 4.79 Å². The van der Waals surface area contributed by atoms with Crippen LogP contribution in [0.25, 0.3) is 0 Å². The Balaban J connectivity index is 1.51. The number of hydrogen-bond acceptors (Lipinski definition) is 6. The monoisotopic (exact) mass is 515 g/mol. The van der Waals surface area contributed by atoms with E-state index in [4.69, 9.17) is 14.2 Å². The minimum absolute atomic E-state index is 0.00754. The Labute approximate surface area is 217 Å². The van der Waals surface area contributed by atoms with E-state index >= 15 is 0 Å². The first-order valence-corrected chi connectivity index (χ1v) is 13.4. The molecule has 0 unspecified atom stereocenters. The van der Waals surface area contributed by atoms with Crippen LogP contribution < -0.4 is 14.8 Å². The lowest BCUT2D eigenvalue weighted by Crippen LogP contribution is -2.54. The van der Waals surface area contributed by atoms with Crippen LogP contribution in [-0.2, 0) is 16.0 Å². The van der Waals surface area contributed by atoms with Gasteiger partial charge in [0.2, 0.25) is 5.91 Å². The summed E-state index contributed by atoms with van der Waals surface area (Å²) in [6.07, 6.45) is 2.62. The van der Waals surface area contributed by atoms with Crippen LogP contribution in [0.15, 0.2) is 35.7 Å². The highest BCUT2D eigenvalue weighted by molar-refractivity contribution is 7.10. The Hall–Kier alpha value is -2.78. The van der Waals surface area contributed by atoms with Crippen molar-refractivity contribution in [1.29, 1.82) is 0 Å². The number of urea groups is 1. The van der Waals surface area contributed by atoms with Crippen LogP contribution in [0.1, 0.15) is 50.1 Å². The number of ether oxygens (including phenoxy) is 3. The smallest absolute Gasteiger partial charge is 0.318 e. The number of fused-ring (bicyclic) bond motifs is 1. The molecule has 2 aliphatic rings. The Morgan fingerprint density at radius 2 is 2.00 bits per heavy atom. The predicted molar refractivity (Wildman–Crippen MR) is 140 cm³/mol. The lowest BCUT2D eigenvalue weighted by atomic mass is 10.0. The first kappa shape index (κ1) is 26.3.